The van der Waals surface area contributed by atoms with Crippen molar-refractivity contribution in [2.24, 2.45) is 0 Å². The number of nitrogens with zero attached hydrogens (tertiary/aromatic N) is 4. The number of rotatable bonds is 5. The molecule has 2 heterocycles. The predicted octanol–water partition coefficient (Wildman–Crippen LogP) is 3.38. The molecule has 0 saturated carbocycles. The molecule has 0 spiro atoms. The van der Waals surface area contributed by atoms with E-state index in [1.54, 1.807) is 24.3 Å². The van der Waals surface area contributed by atoms with Gasteiger partial charge in [-0.1, -0.05) is 24.6 Å². The summed E-state index contributed by atoms with van der Waals surface area (Å²) in [4.78, 5) is 12.3. The van der Waals surface area contributed by atoms with Crippen molar-refractivity contribution in [3.8, 4) is 0 Å². The van der Waals surface area contributed by atoms with Crippen molar-refractivity contribution in [2.45, 2.75) is 19.9 Å². The molecule has 0 fully saturated rings. The number of aromatic nitrogens is 4. The Morgan fingerprint density at radius 3 is 2.71 bits per heavy atom. The summed E-state index contributed by atoms with van der Waals surface area (Å²) in [5.41, 5.74) is 0.638. The van der Waals surface area contributed by atoms with E-state index in [4.69, 9.17) is 23.8 Å². The fourth-order valence-electron chi connectivity index (χ4n) is 2.36. The van der Waals surface area contributed by atoms with Crippen LogP contribution in [0.25, 0.3) is 0 Å². The maximum atomic E-state index is 12.3. The number of amides is 1. The minimum atomic E-state index is -0.215. The third-order valence-corrected chi connectivity index (χ3v) is 4.04. The van der Waals surface area contributed by atoms with Crippen molar-refractivity contribution >= 4 is 35.4 Å². The van der Waals surface area contributed by atoms with Gasteiger partial charge in [0.1, 0.15) is 6.54 Å². The molecule has 0 saturated heterocycles. The first-order valence-corrected chi connectivity index (χ1v) is 8.25. The molecular weight excluding hydrogens is 346 g/mol. The Bertz CT molecular complexity index is 913. The van der Waals surface area contributed by atoms with Crippen molar-refractivity contribution in [2.75, 3.05) is 5.32 Å². The van der Waals surface area contributed by atoms with Crippen molar-refractivity contribution in [3.05, 3.63) is 64.4 Å². The number of hydrogen-bond acceptors (Lipinski definition) is 3. The fourth-order valence-corrected chi connectivity index (χ4v) is 2.86. The SMILES string of the molecule is CCc1nn(CC(=O)Nc2cccc(Cl)c2)c(=S)n1-n1cccc1. The molecule has 2 aromatic heterocycles. The summed E-state index contributed by atoms with van der Waals surface area (Å²) in [6.45, 7) is 2.03. The number of hydrogen-bond donors (Lipinski definition) is 1. The summed E-state index contributed by atoms with van der Waals surface area (Å²) in [5.74, 6) is 0.569. The van der Waals surface area contributed by atoms with E-state index in [0.717, 1.165) is 5.82 Å². The standard InChI is InChI=1S/C16H16ClN5OS/c1-2-14-19-21(16(24)22(14)20-8-3-4-9-20)11-15(23)18-13-7-5-6-12(17)10-13/h3-10H,2,11H2,1H3,(H,18,23). The Kier molecular flexibility index (Phi) is 4.82. The second-order valence-corrected chi connectivity index (χ2v) is 5.94. The third kappa shape index (κ3) is 3.42. The van der Waals surface area contributed by atoms with Gasteiger partial charge in [0.2, 0.25) is 10.7 Å². The van der Waals surface area contributed by atoms with Crippen LogP contribution in [0.3, 0.4) is 0 Å². The molecule has 24 heavy (non-hydrogen) atoms. The summed E-state index contributed by atoms with van der Waals surface area (Å²) < 4.78 is 5.64. The van der Waals surface area contributed by atoms with E-state index in [1.807, 2.05) is 40.8 Å². The van der Waals surface area contributed by atoms with E-state index < -0.39 is 0 Å². The highest BCUT2D eigenvalue weighted by Crippen LogP contribution is 2.15. The summed E-state index contributed by atoms with van der Waals surface area (Å²) in [6, 6.07) is 10.8. The molecule has 0 bridgehead atoms. The first-order valence-electron chi connectivity index (χ1n) is 7.46. The molecular formula is C16H16ClN5OS. The zero-order valence-electron chi connectivity index (χ0n) is 13.0. The van der Waals surface area contributed by atoms with Crippen LogP contribution in [-0.2, 0) is 17.8 Å². The molecule has 0 aliphatic heterocycles. The van der Waals surface area contributed by atoms with Crippen LogP contribution in [-0.4, -0.2) is 25.0 Å². The average Bonchev–Trinajstić information content (AvgIpc) is 3.16. The molecule has 0 aliphatic rings. The second kappa shape index (κ2) is 7.02. The van der Waals surface area contributed by atoms with Gasteiger partial charge in [0.05, 0.1) is 0 Å². The lowest BCUT2D eigenvalue weighted by molar-refractivity contribution is -0.116. The summed E-state index contributed by atoms with van der Waals surface area (Å²) in [7, 11) is 0. The largest absolute Gasteiger partial charge is 0.324 e. The van der Waals surface area contributed by atoms with Crippen LogP contribution in [0.4, 0.5) is 5.69 Å². The van der Waals surface area contributed by atoms with Gasteiger partial charge in [-0.3, -0.25) is 9.47 Å². The highest BCUT2D eigenvalue weighted by molar-refractivity contribution is 7.71. The lowest BCUT2D eigenvalue weighted by atomic mass is 10.3. The van der Waals surface area contributed by atoms with Crippen molar-refractivity contribution in [3.63, 3.8) is 0 Å². The van der Waals surface area contributed by atoms with E-state index in [9.17, 15) is 4.79 Å². The topological polar surface area (TPSA) is 56.8 Å². The Balaban J connectivity index is 1.83. The van der Waals surface area contributed by atoms with Crippen LogP contribution >= 0.6 is 23.8 Å². The van der Waals surface area contributed by atoms with Crippen LogP contribution in [0.5, 0.6) is 0 Å². The van der Waals surface area contributed by atoms with Crippen molar-refractivity contribution < 1.29 is 4.79 Å². The second-order valence-electron chi connectivity index (χ2n) is 5.14. The van der Waals surface area contributed by atoms with E-state index in [-0.39, 0.29) is 12.5 Å². The van der Waals surface area contributed by atoms with Gasteiger partial charge in [0.25, 0.3) is 0 Å². The molecule has 0 atom stereocenters. The van der Waals surface area contributed by atoms with Gasteiger partial charge in [0, 0.05) is 29.5 Å². The Morgan fingerprint density at radius 1 is 1.29 bits per heavy atom. The number of benzene rings is 1. The zero-order chi connectivity index (χ0) is 17.1. The number of anilines is 1. The van der Waals surface area contributed by atoms with Gasteiger partial charge >= 0.3 is 0 Å². The van der Waals surface area contributed by atoms with Crippen LogP contribution < -0.4 is 5.32 Å². The number of halogens is 1. The van der Waals surface area contributed by atoms with Crippen LogP contribution in [0, 0.1) is 4.77 Å². The first kappa shape index (κ1) is 16.5. The number of nitrogens with one attached hydrogen (secondary N) is 1. The molecule has 1 amide bonds. The number of carbonyl (C=O) groups is 1. The maximum absolute atomic E-state index is 12.3. The highest BCUT2D eigenvalue weighted by atomic mass is 35.5. The monoisotopic (exact) mass is 361 g/mol. The van der Waals surface area contributed by atoms with E-state index in [2.05, 4.69) is 10.4 Å². The van der Waals surface area contributed by atoms with Gasteiger partial charge in [-0.05, 0) is 42.5 Å². The van der Waals surface area contributed by atoms with Gasteiger partial charge in [-0.25, -0.2) is 9.36 Å². The Morgan fingerprint density at radius 2 is 2.04 bits per heavy atom. The fraction of sp³-hybridized carbons (Fsp3) is 0.188. The van der Waals surface area contributed by atoms with Crippen LogP contribution in [0.15, 0.2) is 48.8 Å². The third-order valence-electron chi connectivity index (χ3n) is 3.42. The molecule has 0 unspecified atom stereocenters. The highest BCUT2D eigenvalue weighted by Gasteiger charge is 2.13. The normalized spacial score (nSPS) is 10.8. The van der Waals surface area contributed by atoms with E-state index in [1.165, 1.54) is 4.68 Å². The predicted molar refractivity (Wildman–Crippen MR) is 95.7 cm³/mol. The molecule has 3 aromatic rings. The Hall–Kier alpha value is -2.38. The van der Waals surface area contributed by atoms with E-state index >= 15 is 0 Å². The summed E-state index contributed by atoms with van der Waals surface area (Å²) in [6.07, 6.45) is 4.46. The summed E-state index contributed by atoms with van der Waals surface area (Å²) >= 11 is 11.4. The minimum absolute atomic E-state index is 0.0343. The molecule has 3 rings (SSSR count). The lowest BCUT2D eigenvalue weighted by Crippen LogP contribution is -2.20. The van der Waals surface area contributed by atoms with Gasteiger partial charge in [-0.15, -0.1) is 0 Å². The molecule has 8 heteroatoms. The molecule has 124 valence electrons. The minimum Gasteiger partial charge on any atom is -0.324 e. The molecule has 6 nitrogen and oxygen atoms in total. The Labute approximate surface area is 149 Å². The average molecular weight is 362 g/mol. The van der Waals surface area contributed by atoms with Gasteiger partial charge in [-0.2, -0.15) is 5.10 Å². The lowest BCUT2D eigenvalue weighted by Gasteiger charge is -2.06. The molecule has 1 N–H and O–H groups in total. The number of aryl methyl sites for hydroxylation is 1. The van der Waals surface area contributed by atoms with Gasteiger partial charge < -0.3 is 5.32 Å². The molecule has 0 radical (unpaired) electrons. The van der Waals surface area contributed by atoms with Crippen molar-refractivity contribution in [1.82, 2.24) is 19.1 Å². The van der Waals surface area contributed by atoms with Crippen molar-refractivity contribution in [1.29, 1.82) is 0 Å². The maximum Gasteiger partial charge on any atom is 0.246 e. The van der Waals surface area contributed by atoms with Gasteiger partial charge in [0.15, 0.2) is 5.82 Å². The first-order chi connectivity index (χ1) is 11.6. The number of carbonyl (C=O) groups excluding carboxylic acids is 1. The van der Waals surface area contributed by atoms with Crippen LogP contribution in [0.2, 0.25) is 5.02 Å². The molecule has 0 aliphatic carbocycles. The zero-order valence-corrected chi connectivity index (χ0v) is 14.6. The quantitative estimate of drug-likeness (QED) is 0.709. The molecule has 1 aromatic carbocycles. The van der Waals surface area contributed by atoms with E-state index in [0.29, 0.717) is 21.9 Å². The summed E-state index contributed by atoms with van der Waals surface area (Å²) in [5, 5.41) is 7.81. The van der Waals surface area contributed by atoms with Crippen LogP contribution in [0.1, 0.15) is 12.7 Å². The smallest absolute Gasteiger partial charge is 0.246 e.